The van der Waals surface area contributed by atoms with E-state index in [1.54, 1.807) is 24.7 Å². The fraction of sp³-hybridized carbons (Fsp3) is 0.333. The lowest BCUT2D eigenvalue weighted by Crippen LogP contribution is -2.35. The summed E-state index contributed by atoms with van der Waals surface area (Å²) < 4.78 is 6.70. The molecule has 1 N–H and O–H groups in total. The van der Waals surface area contributed by atoms with Gasteiger partial charge in [0.1, 0.15) is 5.75 Å². The summed E-state index contributed by atoms with van der Waals surface area (Å²) in [6.45, 7) is 6.98. The normalized spacial score (nSPS) is 11.5. The molecule has 0 aliphatic heterocycles. The van der Waals surface area contributed by atoms with E-state index in [2.05, 4.69) is 52.0 Å². The predicted molar refractivity (Wildman–Crippen MR) is 87.9 cm³/mol. The van der Waals surface area contributed by atoms with Crippen LogP contribution in [0.2, 0.25) is 5.02 Å². The van der Waals surface area contributed by atoms with Gasteiger partial charge in [-0.25, -0.2) is 4.98 Å². The summed E-state index contributed by atoms with van der Waals surface area (Å²) in [6, 6.07) is 3.69. The van der Waals surface area contributed by atoms with E-state index >= 15 is 0 Å². The zero-order valence-corrected chi connectivity index (χ0v) is 14.5. The van der Waals surface area contributed by atoms with Crippen LogP contribution in [-0.2, 0) is 6.54 Å². The average molecular weight is 371 g/mol. The van der Waals surface area contributed by atoms with Gasteiger partial charge >= 0.3 is 0 Å². The molecule has 2 rings (SSSR count). The third kappa shape index (κ3) is 5.26. The smallest absolute Gasteiger partial charge is 0.223 e. The number of nitrogens with zero attached hydrogens (tertiary/aromatic N) is 2. The summed E-state index contributed by atoms with van der Waals surface area (Å²) in [6.07, 6.45) is 4.87. The van der Waals surface area contributed by atoms with Crippen LogP contribution in [0.5, 0.6) is 11.6 Å². The Morgan fingerprint density at radius 3 is 2.67 bits per heavy atom. The molecule has 0 aromatic carbocycles. The highest BCUT2D eigenvalue weighted by Gasteiger charge is 2.13. The molecular weight excluding hydrogens is 354 g/mol. The van der Waals surface area contributed by atoms with E-state index in [1.165, 1.54) is 0 Å². The minimum atomic E-state index is 0.0111. The van der Waals surface area contributed by atoms with Gasteiger partial charge in [0.15, 0.2) is 0 Å². The van der Waals surface area contributed by atoms with Crippen molar-refractivity contribution in [2.24, 2.45) is 0 Å². The lowest BCUT2D eigenvalue weighted by Gasteiger charge is -2.21. The predicted octanol–water partition coefficient (Wildman–Crippen LogP) is 4.57. The molecule has 0 amide bonds. The van der Waals surface area contributed by atoms with E-state index in [0.29, 0.717) is 23.2 Å². The Hall–Kier alpha value is -1.17. The van der Waals surface area contributed by atoms with Gasteiger partial charge in [0.25, 0.3) is 0 Å². The Bertz CT molecular complexity index is 629. The maximum absolute atomic E-state index is 5.91. The Labute approximate surface area is 138 Å². The van der Waals surface area contributed by atoms with Gasteiger partial charge in [-0.05, 0) is 42.8 Å². The Morgan fingerprint density at radius 2 is 2.00 bits per heavy atom. The minimum absolute atomic E-state index is 0.0111. The molecule has 6 heteroatoms. The lowest BCUT2D eigenvalue weighted by atomic mass is 10.1. The van der Waals surface area contributed by atoms with Crippen LogP contribution in [0.15, 0.2) is 35.2 Å². The fourth-order valence-electron chi connectivity index (χ4n) is 1.61. The third-order valence-corrected chi connectivity index (χ3v) is 3.24. The highest BCUT2D eigenvalue weighted by molar-refractivity contribution is 9.10. The lowest BCUT2D eigenvalue weighted by molar-refractivity contribution is 0.409. The monoisotopic (exact) mass is 369 g/mol. The van der Waals surface area contributed by atoms with Crippen LogP contribution in [0, 0.1) is 0 Å². The van der Waals surface area contributed by atoms with E-state index < -0.39 is 0 Å². The number of halogens is 2. The second kappa shape index (κ2) is 6.73. The first kappa shape index (κ1) is 16.2. The SMILES string of the molecule is CC(C)(C)NCc1cc(Br)cnc1Oc1cncc(Cl)c1. The van der Waals surface area contributed by atoms with Crippen molar-refractivity contribution < 1.29 is 4.74 Å². The van der Waals surface area contributed by atoms with Gasteiger partial charge in [0, 0.05) is 40.6 Å². The van der Waals surface area contributed by atoms with Crippen molar-refractivity contribution >= 4 is 27.5 Å². The van der Waals surface area contributed by atoms with Gasteiger partial charge in [-0.3, -0.25) is 4.98 Å². The van der Waals surface area contributed by atoms with Crippen LogP contribution in [-0.4, -0.2) is 15.5 Å². The molecule has 21 heavy (non-hydrogen) atoms. The second-order valence-electron chi connectivity index (χ2n) is 5.66. The van der Waals surface area contributed by atoms with Crippen LogP contribution in [0.4, 0.5) is 0 Å². The highest BCUT2D eigenvalue weighted by Crippen LogP contribution is 2.26. The number of pyridine rings is 2. The highest BCUT2D eigenvalue weighted by atomic mass is 79.9. The minimum Gasteiger partial charge on any atom is -0.437 e. The summed E-state index contributed by atoms with van der Waals surface area (Å²) in [5.41, 5.74) is 0.969. The van der Waals surface area contributed by atoms with E-state index in [-0.39, 0.29) is 5.54 Å². The summed E-state index contributed by atoms with van der Waals surface area (Å²) in [7, 11) is 0. The summed E-state index contributed by atoms with van der Waals surface area (Å²) >= 11 is 9.35. The molecule has 0 bridgehead atoms. The van der Waals surface area contributed by atoms with Crippen molar-refractivity contribution in [1.29, 1.82) is 0 Å². The van der Waals surface area contributed by atoms with E-state index in [0.717, 1.165) is 10.0 Å². The number of hydrogen-bond donors (Lipinski definition) is 1. The zero-order chi connectivity index (χ0) is 15.5. The molecule has 0 aliphatic rings. The van der Waals surface area contributed by atoms with Crippen molar-refractivity contribution in [3.05, 3.63) is 45.8 Å². The van der Waals surface area contributed by atoms with Crippen LogP contribution in [0.25, 0.3) is 0 Å². The largest absolute Gasteiger partial charge is 0.437 e. The molecule has 0 atom stereocenters. The molecule has 4 nitrogen and oxygen atoms in total. The molecule has 0 fully saturated rings. The van der Waals surface area contributed by atoms with Crippen molar-refractivity contribution in [3.63, 3.8) is 0 Å². The van der Waals surface area contributed by atoms with E-state index in [9.17, 15) is 0 Å². The molecule has 0 saturated carbocycles. The maximum Gasteiger partial charge on any atom is 0.223 e. The molecule has 2 heterocycles. The van der Waals surface area contributed by atoms with E-state index in [1.807, 2.05) is 6.07 Å². The topological polar surface area (TPSA) is 47.0 Å². The third-order valence-electron chi connectivity index (χ3n) is 2.60. The van der Waals surface area contributed by atoms with Gasteiger partial charge in [0.05, 0.1) is 11.2 Å². The van der Waals surface area contributed by atoms with Gasteiger partial charge in [-0.15, -0.1) is 0 Å². The quantitative estimate of drug-likeness (QED) is 0.856. The summed E-state index contributed by atoms with van der Waals surface area (Å²) in [5.74, 6) is 1.10. The van der Waals surface area contributed by atoms with Gasteiger partial charge in [-0.2, -0.15) is 0 Å². The van der Waals surface area contributed by atoms with Crippen LogP contribution in [0.3, 0.4) is 0 Å². The Morgan fingerprint density at radius 1 is 1.24 bits per heavy atom. The zero-order valence-electron chi connectivity index (χ0n) is 12.2. The maximum atomic E-state index is 5.91. The van der Waals surface area contributed by atoms with E-state index in [4.69, 9.17) is 16.3 Å². The summed E-state index contributed by atoms with van der Waals surface area (Å²) in [4.78, 5) is 8.33. The molecule has 0 aliphatic carbocycles. The molecule has 2 aromatic heterocycles. The Balaban J connectivity index is 2.22. The van der Waals surface area contributed by atoms with Crippen molar-refractivity contribution in [2.45, 2.75) is 32.9 Å². The fourth-order valence-corrected chi connectivity index (χ4v) is 2.15. The molecule has 0 radical (unpaired) electrons. The van der Waals surface area contributed by atoms with Gasteiger partial charge in [0.2, 0.25) is 5.88 Å². The number of ether oxygens (including phenoxy) is 1. The summed E-state index contributed by atoms with van der Waals surface area (Å²) in [5, 5.41) is 3.95. The number of nitrogens with one attached hydrogen (secondary N) is 1. The van der Waals surface area contributed by atoms with Crippen LogP contribution < -0.4 is 10.1 Å². The first-order valence-corrected chi connectivity index (χ1v) is 7.68. The average Bonchev–Trinajstić information content (AvgIpc) is 2.38. The number of hydrogen-bond acceptors (Lipinski definition) is 4. The molecule has 112 valence electrons. The first-order valence-electron chi connectivity index (χ1n) is 6.51. The van der Waals surface area contributed by atoms with Gasteiger partial charge in [-0.1, -0.05) is 11.6 Å². The van der Waals surface area contributed by atoms with Gasteiger partial charge < -0.3 is 10.1 Å². The van der Waals surface area contributed by atoms with Crippen LogP contribution in [0.1, 0.15) is 26.3 Å². The Kier molecular flexibility index (Phi) is 5.19. The molecular formula is C15H17BrClN3O. The molecule has 2 aromatic rings. The first-order chi connectivity index (χ1) is 9.83. The van der Waals surface area contributed by atoms with Crippen molar-refractivity contribution in [2.75, 3.05) is 0 Å². The van der Waals surface area contributed by atoms with Crippen molar-refractivity contribution in [1.82, 2.24) is 15.3 Å². The standard InChI is InChI=1S/C15H17BrClN3O/c1-15(2,3)20-6-10-4-11(16)7-19-14(10)21-13-5-12(17)8-18-9-13/h4-5,7-9,20H,6H2,1-3H3. The van der Waals surface area contributed by atoms with Crippen molar-refractivity contribution in [3.8, 4) is 11.6 Å². The van der Waals surface area contributed by atoms with Crippen LogP contribution >= 0.6 is 27.5 Å². The second-order valence-corrected chi connectivity index (χ2v) is 7.01. The number of rotatable bonds is 4. The number of aromatic nitrogens is 2. The molecule has 0 unspecified atom stereocenters. The molecule has 0 saturated heterocycles. The molecule has 0 spiro atoms.